The molecule has 0 spiro atoms. The first-order chi connectivity index (χ1) is 15.8. The number of carbonyl (C=O) groups is 3. The van der Waals surface area contributed by atoms with Crippen LogP contribution >= 0.6 is 0 Å². The number of phenolic OH excluding ortho intramolecular Hbond substituents is 2. The van der Waals surface area contributed by atoms with Gasteiger partial charge in [-0.1, -0.05) is 18.2 Å². The van der Waals surface area contributed by atoms with Gasteiger partial charge in [-0.05, 0) is 47.5 Å². The molecule has 0 saturated heterocycles. The lowest BCUT2D eigenvalue weighted by Crippen LogP contribution is -2.29. The molecule has 0 fully saturated rings. The Morgan fingerprint density at radius 2 is 1.42 bits per heavy atom. The molecule has 174 valence electrons. The summed E-state index contributed by atoms with van der Waals surface area (Å²) < 4.78 is 20.1. The number of phenols is 2. The summed E-state index contributed by atoms with van der Waals surface area (Å²) in [4.78, 5) is 35.2. The van der Waals surface area contributed by atoms with Gasteiger partial charge in [-0.2, -0.15) is 0 Å². The number of hydrogen-bond donors (Lipinski definition) is 2. The predicted molar refractivity (Wildman–Crippen MR) is 118 cm³/mol. The van der Waals surface area contributed by atoms with Crippen LogP contribution in [0.1, 0.15) is 18.1 Å². The van der Waals surface area contributed by atoms with Crippen LogP contribution in [0.15, 0.2) is 54.6 Å². The number of benzene rings is 2. The largest absolute Gasteiger partial charge is 0.508 e. The molecule has 0 saturated carbocycles. The van der Waals surface area contributed by atoms with E-state index < -0.39 is 24.0 Å². The highest BCUT2D eigenvalue weighted by molar-refractivity contribution is 5.87. The molecule has 1 atom stereocenters. The molecule has 0 bridgehead atoms. The fourth-order valence-corrected chi connectivity index (χ4v) is 2.51. The topological polar surface area (TPSA) is 129 Å². The lowest BCUT2D eigenvalue weighted by atomic mass is 10.2. The van der Waals surface area contributed by atoms with Crippen molar-refractivity contribution in [3.8, 4) is 17.2 Å². The van der Waals surface area contributed by atoms with Gasteiger partial charge in [0.15, 0.2) is 17.6 Å². The lowest BCUT2D eigenvalue weighted by molar-refractivity contribution is -0.162. The van der Waals surface area contributed by atoms with Crippen molar-refractivity contribution < 1.29 is 43.5 Å². The van der Waals surface area contributed by atoms with Gasteiger partial charge in [-0.3, -0.25) is 4.79 Å². The quantitative estimate of drug-likeness (QED) is 0.315. The van der Waals surface area contributed by atoms with Crippen molar-refractivity contribution in [2.45, 2.75) is 13.0 Å². The van der Waals surface area contributed by atoms with Gasteiger partial charge < -0.3 is 29.2 Å². The molecule has 0 amide bonds. The molecule has 0 heterocycles. The third-order valence-corrected chi connectivity index (χ3v) is 4.08. The van der Waals surface area contributed by atoms with Crippen LogP contribution in [-0.2, 0) is 28.6 Å². The van der Waals surface area contributed by atoms with Gasteiger partial charge in [0.1, 0.15) is 19.0 Å². The molecule has 2 aromatic rings. The van der Waals surface area contributed by atoms with E-state index in [0.29, 0.717) is 11.1 Å². The highest BCUT2D eigenvalue weighted by Crippen LogP contribution is 2.26. The number of rotatable bonds is 10. The zero-order chi connectivity index (χ0) is 24.2. The summed E-state index contributed by atoms with van der Waals surface area (Å²) in [6, 6.07) is 10.7. The molecule has 0 aliphatic carbocycles. The second-order valence-electron chi connectivity index (χ2n) is 6.68. The Labute approximate surface area is 190 Å². The Hall–Kier alpha value is -4.27. The first kappa shape index (κ1) is 25.0. The number of ether oxygens (including phenoxy) is 4. The Kier molecular flexibility index (Phi) is 9.51. The molecule has 0 aromatic heterocycles. The Balaban J connectivity index is 1.86. The molecular weight excluding hydrogens is 432 g/mol. The first-order valence-corrected chi connectivity index (χ1v) is 9.79. The summed E-state index contributed by atoms with van der Waals surface area (Å²) >= 11 is 0. The molecule has 33 heavy (non-hydrogen) atoms. The molecule has 2 rings (SSSR count). The Morgan fingerprint density at radius 1 is 0.879 bits per heavy atom. The number of esters is 3. The van der Waals surface area contributed by atoms with Gasteiger partial charge in [-0.25, -0.2) is 9.59 Å². The van der Waals surface area contributed by atoms with Crippen LogP contribution in [0.3, 0.4) is 0 Å². The van der Waals surface area contributed by atoms with Crippen LogP contribution in [0.2, 0.25) is 0 Å². The van der Waals surface area contributed by atoms with Crippen LogP contribution in [0.4, 0.5) is 0 Å². The van der Waals surface area contributed by atoms with Gasteiger partial charge in [0.25, 0.3) is 0 Å². The summed E-state index contributed by atoms with van der Waals surface area (Å²) in [7, 11) is 1.40. The SMILES string of the molecule is COc1cc(C=CC(=O)OC[C@H](COC(=O)C=Cc2ccc(O)cc2)OC(C)=O)ccc1O. The number of aromatic hydroxyl groups is 2. The molecule has 2 aromatic carbocycles. The summed E-state index contributed by atoms with van der Waals surface area (Å²) in [6.07, 6.45) is 4.30. The maximum absolute atomic E-state index is 12.0. The summed E-state index contributed by atoms with van der Waals surface area (Å²) in [5.41, 5.74) is 1.26. The van der Waals surface area contributed by atoms with Crippen LogP contribution in [0, 0.1) is 0 Å². The molecule has 0 radical (unpaired) electrons. The fourth-order valence-electron chi connectivity index (χ4n) is 2.51. The van der Waals surface area contributed by atoms with Crippen molar-refractivity contribution in [3.63, 3.8) is 0 Å². The van der Waals surface area contributed by atoms with E-state index in [4.69, 9.17) is 18.9 Å². The van der Waals surface area contributed by atoms with Crippen LogP contribution in [0.5, 0.6) is 17.2 Å². The summed E-state index contributed by atoms with van der Waals surface area (Å²) in [5.74, 6) is -1.70. The zero-order valence-electron chi connectivity index (χ0n) is 18.1. The minimum Gasteiger partial charge on any atom is -0.508 e. The first-order valence-electron chi connectivity index (χ1n) is 9.79. The van der Waals surface area contributed by atoms with E-state index in [-0.39, 0.29) is 30.5 Å². The minimum absolute atomic E-state index is 0.0334. The Morgan fingerprint density at radius 3 is 1.97 bits per heavy atom. The number of carbonyl (C=O) groups excluding carboxylic acids is 3. The summed E-state index contributed by atoms with van der Waals surface area (Å²) in [6.45, 7) is 0.542. The number of hydrogen-bond acceptors (Lipinski definition) is 9. The van der Waals surface area contributed by atoms with Crippen LogP contribution in [0.25, 0.3) is 12.2 Å². The van der Waals surface area contributed by atoms with E-state index in [1.54, 1.807) is 18.2 Å². The third-order valence-electron chi connectivity index (χ3n) is 4.08. The van der Waals surface area contributed by atoms with E-state index in [0.717, 1.165) is 6.08 Å². The van der Waals surface area contributed by atoms with Crippen molar-refractivity contribution in [1.29, 1.82) is 0 Å². The predicted octanol–water partition coefficient (Wildman–Crippen LogP) is 2.85. The maximum atomic E-state index is 12.0. The van der Waals surface area contributed by atoms with Crippen LogP contribution < -0.4 is 4.74 Å². The molecule has 0 unspecified atom stereocenters. The van der Waals surface area contributed by atoms with Gasteiger partial charge in [0.2, 0.25) is 0 Å². The average molecular weight is 456 g/mol. The van der Waals surface area contributed by atoms with E-state index in [2.05, 4.69) is 0 Å². The van der Waals surface area contributed by atoms with Gasteiger partial charge in [0, 0.05) is 19.1 Å². The molecule has 2 N–H and O–H groups in total. The lowest BCUT2D eigenvalue weighted by Gasteiger charge is -2.16. The maximum Gasteiger partial charge on any atom is 0.330 e. The van der Waals surface area contributed by atoms with E-state index in [9.17, 15) is 24.6 Å². The minimum atomic E-state index is -0.986. The molecule has 0 aliphatic rings. The van der Waals surface area contributed by atoms with Crippen molar-refractivity contribution in [2.75, 3.05) is 20.3 Å². The second-order valence-corrected chi connectivity index (χ2v) is 6.68. The number of methoxy groups -OCH3 is 1. The second kappa shape index (κ2) is 12.6. The van der Waals surface area contributed by atoms with Crippen molar-refractivity contribution in [3.05, 3.63) is 65.7 Å². The van der Waals surface area contributed by atoms with Gasteiger partial charge >= 0.3 is 17.9 Å². The summed E-state index contributed by atoms with van der Waals surface area (Å²) in [5, 5.41) is 18.8. The van der Waals surface area contributed by atoms with Gasteiger partial charge in [-0.15, -0.1) is 0 Å². The average Bonchev–Trinajstić information content (AvgIpc) is 2.79. The molecular formula is C24H24O9. The molecule has 9 nitrogen and oxygen atoms in total. The van der Waals surface area contributed by atoms with E-state index in [1.165, 1.54) is 56.5 Å². The standard InChI is InChI=1S/C24H24O9/c1-16(25)33-20(14-31-23(28)11-6-17-3-8-19(26)9-4-17)15-32-24(29)12-7-18-5-10-21(27)22(13-18)30-2/h3-13,20,26-27H,14-15H2,1-2H3/t20-/m0/s1. The zero-order valence-corrected chi connectivity index (χ0v) is 18.1. The van der Waals surface area contributed by atoms with Crippen molar-refractivity contribution in [2.24, 2.45) is 0 Å². The highest BCUT2D eigenvalue weighted by Gasteiger charge is 2.16. The monoisotopic (exact) mass is 456 g/mol. The molecule has 9 heteroatoms. The molecule has 0 aliphatic heterocycles. The van der Waals surface area contributed by atoms with E-state index >= 15 is 0 Å². The fraction of sp³-hybridized carbons (Fsp3) is 0.208. The van der Waals surface area contributed by atoms with Crippen molar-refractivity contribution in [1.82, 2.24) is 0 Å². The Bertz CT molecular complexity index is 1020. The van der Waals surface area contributed by atoms with Crippen molar-refractivity contribution >= 4 is 30.1 Å². The van der Waals surface area contributed by atoms with Gasteiger partial charge in [0.05, 0.1) is 7.11 Å². The van der Waals surface area contributed by atoms with E-state index in [1.807, 2.05) is 0 Å². The smallest absolute Gasteiger partial charge is 0.330 e. The highest BCUT2D eigenvalue weighted by atomic mass is 16.6. The van der Waals surface area contributed by atoms with Crippen LogP contribution in [-0.4, -0.2) is 54.5 Å². The normalized spacial score (nSPS) is 11.8. The third kappa shape index (κ3) is 9.18.